The lowest BCUT2D eigenvalue weighted by atomic mass is 9.82. The number of hydrogen-bond acceptors (Lipinski definition) is 3. The molecule has 3 rings (SSSR count). The highest BCUT2D eigenvalue weighted by molar-refractivity contribution is 7.99. The number of nitrogens with two attached hydrogens (primary N) is 1. The molecule has 2 aliphatic rings. The lowest BCUT2D eigenvalue weighted by Gasteiger charge is -2.26. The summed E-state index contributed by atoms with van der Waals surface area (Å²) in [7, 11) is 0. The minimum absolute atomic E-state index is 0.114. The van der Waals surface area contributed by atoms with Gasteiger partial charge in [0.2, 0.25) is 0 Å². The second-order valence-corrected chi connectivity index (χ2v) is 11.1. The SMILES string of the molecule is CC(C)(C)CCSC[C@H]1CCc2cc([C@H]3CC[C@](N)(CO)C3)ccc2C1. The third-order valence-corrected chi connectivity index (χ3v) is 7.54. The Morgan fingerprint density at radius 3 is 2.73 bits per heavy atom. The molecule has 26 heavy (non-hydrogen) atoms. The summed E-state index contributed by atoms with van der Waals surface area (Å²) in [6.07, 6.45) is 8.11. The molecule has 1 aromatic rings. The Morgan fingerprint density at radius 2 is 2.04 bits per heavy atom. The van der Waals surface area contributed by atoms with Crippen LogP contribution in [0.15, 0.2) is 18.2 Å². The van der Waals surface area contributed by atoms with Crippen LogP contribution in [0.3, 0.4) is 0 Å². The molecule has 0 unspecified atom stereocenters. The van der Waals surface area contributed by atoms with Crippen LogP contribution in [0, 0.1) is 11.3 Å². The average molecular weight is 376 g/mol. The summed E-state index contributed by atoms with van der Waals surface area (Å²) in [6, 6.07) is 7.17. The first kappa shape index (κ1) is 20.2. The Kier molecular flexibility index (Phi) is 6.41. The van der Waals surface area contributed by atoms with Gasteiger partial charge in [0.1, 0.15) is 0 Å². The van der Waals surface area contributed by atoms with Gasteiger partial charge in [-0.1, -0.05) is 39.0 Å². The minimum Gasteiger partial charge on any atom is -0.394 e. The first-order chi connectivity index (χ1) is 12.3. The first-order valence-corrected chi connectivity index (χ1v) is 11.5. The monoisotopic (exact) mass is 375 g/mol. The van der Waals surface area contributed by atoms with Crippen molar-refractivity contribution < 1.29 is 5.11 Å². The predicted molar refractivity (Wildman–Crippen MR) is 114 cm³/mol. The van der Waals surface area contributed by atoms with E-state index in [1.807, 2.05) is 0 Å². The van der Waals surface area contributed by atoms with Crippen LogP contribution in [0.1, 0.15) is 75.5 Å². The van der Waals surface area contributed by atoms with Crippen LogP contribution in [-0.2, 0) is 12.8 Å². The van der Waals surface area contributed by atoms with Gasteiger partial charge in [0.25, 0.3) is 0 Å². The standard InChI is InChI=1S/C23H37NOS/c1-22(2,3)10-11-26-15-17-4-5-19-13-20(7-6-18(19)12-17)21-8-9-23(24,14-21)16-25/h6-7,13,17,21,25H,4-5,8-12,14-16,24H2,1-3H3/t17-,21-,23+/m0/s1. The van der Waals surface area contributed by atoms with Gasteiger partial charge < -0.3 is 10.8 Å². The van der Waals surface area contributed by atoms with Crippen LogP contribution in [0.5, 0.6) is 0 Å². The summed E-state index contributed by atoms with van der Waals surface area (Å²) in [5.41, 5.74) is 11.0. The molecule has 0 radical (unpaired) electrons. The van der Waals surface area contributed by atoms with Gasteiger partial charge in [-0.15, -0.1) is 0 Å². The zero-order valence-electron chi connectivity index (χ0n) is 16.9. The molecule has 2 aliphatic carbocycles. The number of aryl methyl sites for hydroxylation is 1. The van der Waals surface area contributed by atoms with E-state index in [9.17, 15) is 5.11 Å². The fraction of sp³-hybridized carbons (Fsp3) is 0.739. The van der Waals surface area contributed by atoms with Crippen LogP contribution in [0.4, 0.5) is 0 Å². The van der Waals surface area contributed by atoms with E-state index in [1.54, 1.807) is 11.1 Å². The smallest absolute Gasteiger partial charge is 0.0611 e. The first-order valence-electron chi connectivity index (χ1n) is 10.4. The van der Waals surface area contributed by atoms with Crippen LogP contribution >= 0.6 is 11.8 Å². The molecule has 1 aromatic carbocycles. The lowest BCUT2D eigenvalue weighted by molar-refractivity contribution is 0.198. The Labute approximate surface area is 164 Å². The van der Waals surface area contributed by atoms with E-state index in [1.165, 1.54) is 42.8 Å². The van der Waals surface area contributed by atoms with E-state index in [2.05, 4.69) is 50.7 Å². The molecular weight excluding hydrogens is 338 g/mol. The van der Waals surface area contributed by atoms with E-state index >= 15 is 0 Å². The summed E-state index contributed by atoms with van der Waals surface area (Å²) < 4.78 is 0. The molecule has 3 atom stereocenters. The third-order valence-electron chi connectivity index (χ3n) is 6.34. The maximum atomic E-state index is 9.52. The van der Waals surface area contributed by atoms with Gasteiger partial charge in [-0.05, 0) is 90.4 Å². The van der Waals surface area contributed by atoms with Gasteiger partial charge in [-0.2, -0.15) is 11.8 Å². The summed E-state index contributed by atoms with van der Waals surface area (Å²) in [5, 5.41) is 9.52. The largest absolute Gasteiger partial charge is 0.394 e. The van der Waals surface area contributed by atoms with Crippen molar-refractivity contribution in [1.82, 2.24) is 0 Å². The molecule has 146 valence electrons. The Balaban J connectivity index is 1.53. The molecule has 0 spiro atoms. The number of hydrogen-bond donors (Lipinski definition) is 2. The molecule has 0 aromatic heterocycles. The fourth-order valence-corrected chi connectivity index (χ4v) is 6.00. The molecule has 0 bridgehead atoms. The van der Waals surface area contributed by atoms with Crippen molar-refractivity contribution in [2.45, 2.75) is 77.2 Å². The topological polar surface area (TPSA) is 46.2 Å². The van der Waals surface area contributed by atoms with Gasteiger partial charge in [-0.25, -0.2) is 0 Å². The fourth-order valence-electron chi connectivity index (χ4n) is 4.46. The van der Waals surface area contributed by atoms with Gasteiger partial charge in [0.05, 0.1) is 6.61 Å². The van der Waals surface area contributed by atoms with E-state index in [-0.39, 0.29) is 12.1 Å². The molecule has 1 saturated carbocycles. The Bertz CT molecular complexity index is 609. The van der Waals surface area contributed by atoms with Crippen molar-refractivity contribution >= 4 is 11.8 Å². The summed E-state index contributed by atoms with van der Waals surface area (Å²) in [4.78, 5) is 0. The highest BCUT2D eigenvalue weighted by Gasteiger charge is 2.36. The second-order valence-electron chi connectivity index (χ2n) is 9.98. The second kappa shape index (κ2) is 8.24. The van der Waals surface area contributed by atoms with Gasteiger partial charge in [0.15, 0.2) is 0 Å². The van der Waals surface area contributed by atoms with E-state index in [4.69, 9.17) is 5.73 Å². The van der Waals surface area contributed by atoms with Crippen molar-refractivity contribution in [2.24, 2.45) is 17.1 Å². The average Bonchev–Trinajstić information content (AvgIpc) is 3.00. The van der Waals surface area contributed by atoms with Crippen LogP contribution in [-0.4, -0.2) is 28.8 Å². The molecule has 2 nitrogen and oxygen atoms in total. The Hall–Kier alpha value is -0.510. The van der Waals surface area contributed by atoms with Crippen molar-refractivity contribution in [3.63, 3.8) is 0 Å². The van der Waals surface area contributed by atoms with E-state index in [0.717, 1.165) is 25.2 Å². The highest BCUT2D eigenvalue weighted by atomic mass is 32.2. The van der Waals surface area contributed by atoms with E-state index in [0.29, 0.717) is 11.3 Å². The van der Waals surface area contributed by atoms with Crippen molar-refractivity contribution in [3.8, 4) is 0 Å². The maximum Gasteiger partial charge on any atom is 0.0611 e. The van der Waals surface area contributed by atoms with Crippen LogP contribution in [0.25, 0.3) is 0 Å². The molecular formula is C23H37NOS. The van der Waals surface area contributed by atoms with Crippen molar-refractivity contribution in [3.05, 3.63) is 34.9 Å². The molecule has 3 N–H and O–H groups in total. The molecule has 0 amide bonds. The van der Waals surface area contributed by atoms with Crippen molar-refractivity contribution in [1.29, 1.82) is 0 Å². The summed E-state index contributed by atoms with van der Waals surface area (Å²) in [5.74, 6) is 3.98. The normalized spacial score (nSPS) is 29.0. The summed E-state index contributed by atoms with van der Waals surface area (Å²) >= 11 is 2.15. The van der Waals surface area contributed by atoms with Crippen LogP contribution < -0.4 is 5.73 Å². The molecule has 0 aliphatic heterocycles. The molecule has 1 fully saturated rings. The molecule has 0 saturated heterocycles. The highest BCUT2D eigenvalue weighted by Crippen LogP contribution is 2.40. The zero-order valence-corrected chi connectivity index (χ0v) is 17.7. The zero-order chi connectivity index (χ0) is 18.8. The van der Waals surface area contributed by atoms with Gasteiger partial charge >= 0.3 is 0 Å². The van der Waals surface area contributed by atoms with Gasteiger partial charge in [-0.3, -0.25) is 0 Å². The van der Waals surface area contributed by atoms with Crippen LogP contribution in [0.2, 0.25) is 0 Å². The maximum absolute atomic E-state index is 9.52. The predicted octanol–water partition coefficient (Wildman–Crippen LogP) is 4.92. The number of benzene rings is 1. The number of fused-ring (bicyclic) bond motifs is 1. The van der Waals surface area contributed by atoms with Crippen molar-refractivity contribution in [2.75, 3.05) is 18.1 Å². The number of rotatable bonds is 6. The molecule has 3 heteroatoms. The molecule has 0 heterocycles. The third kappa shape index (κ3) is 5.27. The Morgan fingerprint density at radius 1 is 1.23 bits per heavy atom. The number of aliphatic hydroxyl groups is 1. The lowest BCUT2D eigenvalue weighted by Crippen LogP contribution is -2.40. The quantitative estimate of drug-likeness (QED) is 0.694. The van der Waals surface area contributed by atoms with E-state index < -0.39 is 0 Å². The minimum atomic E-state index is -0.351. The van der Waals surface area contributed by atoms with Gasteiger partial charge in [0, 0.05) is 5.54 Å². The number of aliphatic hydroxyl groups excluding tert-OH is 1. The summed E-state index contributed by atoms with van der Waals surface area (Å²) in [6.45, 7) is 7.12. The number of thioether (sulfide) groups is 1.